The predicted molar refractivity (Wildman–Crippen MR) is 102 cm³/mol. The number of nitrogens with two attached hydrogens (primary N) is 1. The smallest absolute Gasteiger partial charge is 0.229 e. The lowest BCUT2D eigenvalue weighted by Gasteiger charge is -2.45. The zero-order chi connectivity index (χ0) is 18.8. The average Bonchev–Trinajstić information content (AvgIpc) is 2.65. The highest BCUT2D eigenvalue weighted by Gasteiger charge is 2.45. The zero-order valence-corrected chi connectivity index (χ0v) is 16.0. The summed E-state index contributed by atoms with van der Waals surface area (Å²) in [6.45, 7) is 5.08. The van der Waals surface area contributed by atoms with Crippen LogP contribution in [0.3, 0.4) is 0 Å². The van der Waals surface area contributed by atoms with Crippen molar-refractivity contribution in [1.29, 1.82) is 0 Å². The van der Waals surface area contributed by atoms with E-state index >= 15 is 0 Å². The van der Waals surface area contributed by atoms with E-state index in [0.717, 1.165) is 32.4 Å². The van der Waals surface area contributed by atoms with Gasteiger partial charge in [-0.3, -0.25) is 9.59 Å². The SMILES string of the molecule is CN1CCC(Cc2ccccc2)(C(=O)N2CCC(C)(C(N)=O)CC2)CC1. The van der Waals surface area contributed by atoms with Crippen LogP contribution in [0.2, 0.25) is 0 Å². The van der Waals surface area contributed by atoms with E-state index in [4.69, 9.17) is 5.73 Å². The van der Waals surface area contributed by atoms with Crippen LogP contribution >= 0.6 is 0 Å². The molecule has 2 aliphatic rings. The van der Waals surface area contributed by atoms with Crippen LogP contribution in [0, 0.1) is 10.8 Å². The van der Waals surface area contributed by atoms with E-state index in [2.05, 4.69) is 24.1 Å². The normalized spacial score (nSPS) is 22.8. The van der Waals surface area contributed by atoms with Crippen molar-refractivity contribution < 1.29 is 9.59 Å². The Morgan fingerprint density at radius 1 is 1.00 bits per heavy atom. The van der Waals surface area contributed by atoms with Gasteiger partial charge in [-0.15, -0.1) is 0 Å². The van der Waals surface area contributed by atoms with Crippen LogP contribution in [0.25, 0.3) is 0 Å². The van der Waals surface area contributed by atoms with Crippen LogP contribution in [-0.2, 0) is 16.0 Å². The fraction of sp³-hybridized carbons (Fsp3) is 0.619. The maximum atomic E-state index is 13.6. The summed E-state index contributed by atoms with van der Waals surface area (Å²) in [5.74, 6) is 0.0175. The quantitative estimate of drug-likeness (QED) is 0.897. The molecule has 0 atom stereocenters. The molecule has 0 saturated carbocycles. The molecule has 0 bridgehead atoms. The summed E-state index contributed by atoms with van der Waals surface area (Å²) in [4.78, 5) is 29.6. The Kier molecular flexibility index (Phi) is 5.37. The van der Waals surface area contributed by atoms with Crippen molar-refractivity contribution >= 4 is 11.8 Å². The molecule has 0 unspecified atom stereocenters. The summed E-state index contributed by atoms with van der Waals surface area (Å²) >= 11 is 0. The van der Waals surface area contributed by atoms with Crippen molar-refractivity contribution in [3.05, 3.63) is 35.9 Å². The average molecular weight is 357 g/mol. The molecule has 2 saturated heterocycles. The number of hydrogen-bond acceptors (Lipinski definition) is 3. The van der Waals surface area contributed by atoms with Crippen molar-refractivity contribution in [1.82, 2.24) is 9.80 Å². The second kappa shape index (κ2) is 7.39. The van der Waals surface area contributed by atoms with Gasteiger partial charge in [0.15, 0.2) is 0 Å². The van der Waals surface area contributed by atoms with Crippen molar-refractivity contribution in [3.8, 4) is 0 Å². The van der Waals surface area contributed by atoms with E-state index in [9.17, 15) is 9.59 Å². The highest BCUT2D eigenvalue weighted by Crippen LogP contribution is 2.39. The van der Waals surface area contributed by atoms with Crippen molar-refractivity contribution in [2.24, 2.45) is 16.6 Å². The number of amides is 2. The minimum absolute atomic E-state index is 0.247. The topological polar surface area (TPSA) is 66.6 Å². The molecule has 142 valence electrons. The second-order valence-corrected chi connectivity index (χ2v) is 8.46. The molecule has 5 heteroatoms. The first kappa shape index (κ1) is 18.9. The monoisotopic (exact) mass is 357 g/mol. The van der Waals surface area contributed by atoms with E-state index in [0.29, 0.717) is 25.9 Å². The van der Waals surface area contributed by atoms with Gasteiger partial charge in [0.1, 0.15) is 0 Å². The lowest BCUT2D eigenvalue weighted by Crippen LogP contribution is -2.54. The summed E-state index contributed by atoms with van der Waals surface area (Å²) in [7, 11) is 2.12. The molecule has 2 amide bonds. The summed E-state index contributed by atoms with van der Waals surface area (Å²) in [6, 6.07) is 10.3. The largest absolute Gasteiger partial charge is 0.369 e. The van der Waals surface area contributed by atoms with Crippen LogP contribution in [0.1, 0.15) is 38.2 Å². The van der Waals surface area contributed by atoms with Crippen LogP contribution in [0.5, 0.6) is 0 Å². The predicted octanol–water partition coefficient (Wildman–Crippen LogP) is 2.06. The molecule has 0 spiro atoms. The third kappa shape index (κ3) is 3.78. The molecule has 3 rings (SSSR count). The molecule has 2 aliphatic heterocycles. The number of carbonyl (C=O) groups excluding carboxylic acids is 2. The second-order valence-electron chi connectivity index (χ2n) is 8.46. The Morgan fingerprint density at radius 3 is 2.12 bits per heavy atom. The van der Waals surface area contributed by atoms with Gasteiger partial charge in [0.25, 0.3) is 0 Å². The van der Waals surface area contributed by atoms with E-state index in [1.807, 2.05) is 30.0 Å². The Balaban J connectivity index is 1.77. The number of benzene rings is 1. The number of hydrogen-bond donors (Lipinski definition) is 1. The molecule has 1 aromatic rings. The minimum atomic E-state index is -0.476. The lowest BCUT2D eigenvalue weighted by molar-refractivity contribution is -0.149. The first-order valence-corrected chi connectivity index (χ1v) is 9.66. The zero-order valence-electron chi connectivity index (χ0n) is 16.0. The molecule has 5 nitrogen and oxygen atoms in total. The molecule has 1 aromatic carbocycles. The highest BCUT2D eigenvalue weighted by molar-refractivity contribution is 5.84. The summed E-state index contributed by atoms with van der Waals surface area (Å²) in [6.07, 6.45) is 3.90. The van der Waals surface area contributed by atoms with Gasteiger partial charge in [-0.2, -0.15) is 0 Å². The van der Waals surface area contributed by atoms with Gasteiger partial charge in [0.2, 0.25) is 11.8 Å². The van der Waals surface area contributed by atoms with E-state index < -0.39 is 5.41 Å². The summed E-state index contributed by atoms with van der Waals surface area (Å²) in [5.41, 5.74) is 5.99. The molecular weight excluding hydrogens is 326 g/mol. The third-order valence-corrected chi connectivity index (χ3v) is 6.53. The number of likely N-dealkylation sites (tertiary alicyclic amines) is 2. The van der Waals surface area contributed by atoms with Gasteiger partial charge in [-0.1, -0.05) is 37.3 Å². The fourth-order valence-electron chi connectivity index (χ4n) is 4.28. The van der Waals surface area contributed by atoms with Crippen LogP contribution in [0.4, 0.5) is 0 Å². The summed E-state index contributed by atoms with van der Waals surface area (Å²) in [5, 5.41) is 0. The standard InChI is InChI=1S/C21H31N3O2/c1-20(18(22)25)8-14-24(15-9-20)19(26)21(10-12-23(2)13-11-21)16-17-6-4-3-5-7-17/h3-7H,8-16H2,1-2H3,(H2,22,25). The van der Waals surface area contributed by atoms with Crippen LogP contribution in [0.15, 0.2) is 30.3 Å². The van der Waals surface area contributed by atoms with Gasteiger partial charge in [0, 0.05) is 18.5 Å². The van der Waals surface area contributed by atoms with Crippen LogP contribution < -0.4 is 5.73 Å². The number of nitrogens with zero attached hydrogens (tertiary/aromatic N) is 2. The van der Waals surface area contributed by atoms with Crippen molar-refractivity contribution in [2.45, 2.75) is 39.0 Å². The van der Waals surface area contributed by atoms with Crippen LogP contribution in [-0.4, -0.2) is 54.8 Å². The molecule has 0 aromatic heterocycles. The Hall–Kier alpha value is -1.88. The highest BCUT2D eigenvalue weighted by atomic mass is 16.2. The third-order valence-electron chi connectivity index (χ3n) is 6.53. The number of carbonyl (C=O) groups is 2. The van der Waals surface area contributed by atoms with E-state index in [-0.39, 0.29) is 17.2 Å². The molecule has 26 heavy (non-hydrogen) atoms. The molecule has 2 heterocycles. The summed E-state index contributed by atoms with van der Waals surface area (Å²) < 4.78 is 0. The Morgan fingerprint density at radius 2 is 1.58 bits per heavy atom. The Bertz CT molecular complexity index is 642. The van der Waals surface area contributed by atoms with Crippen molar-refractivity contribution in [2.75, 3.05) is 33.2 Å². The molecule has 2 N–H and O–H groups in total. The Labute approximate surface area is 156 Å². The van der Waals surface area contributed by atoms with Gasteiger partial charge < -0.3 is 15.5 Å². The fourth-order valence-corrected chi connectivity index (χ4v) is 4.28. The first-order valence-electron chi connectivity index (χ1n) is 9.66. The van der Waals surface area contributed by atoms with E-state index in [1.54, 1.807) is 0 Å². The van der Waals surface area contributed by atoms with Gasteiger partial charge in [0.05, 0.1) is 5.41 Å². The maximum absolute atomic E-state index is 13.6. The molecule has 0 radical (unpaired) electrons. The first-order chi connectivity index (χ1) is 12.3. The lowest BCUT2D eigenvalue weighted by atomic mass is 9.71. The van der Waals surface area contributed by atoms with Crippen molar-refractivity contribution in [3.63, 3.8) is 0 Å². The molecule has 0 aliphatic carbocycles. The van der Waals surface area contributed by atoms with E-state index in [1.165, 1.54) is 5.56 Å². The maximum Gasteiger partial charge on any atom is 0.229 e. The minimum Gasteiger partial charge on any atom is -0.369 e. The molecule has 2 fully saturated rings. The molecular formula is C21H31N3O2. The van der Waals surface area contributed by atoms with Gasteiger partial charge in [-0.25, -0.2) is 0 Å². The van der Waals surface area contributed by atoms with Gasteiger partial charge in [-0.05, 0) is 57.8 Å². The number of primary amides is 1. The number of piperidine rings is 2. The number of rotatable bonds is 4. The van der Waals surface area contributed by atoms with Gasteiger partial charge >= 0.3 is 0 Å².